The third-order valence-electron chi connectivity index (χ3n) is 7.82. The van der Waals surface area contributed by atoms with Crippen molar-refractivity contribution >= 4 is 38.7 Å². The van der Waals surface area contributed by atoms with Gasteiger partial charge in [-0.25, -0.2) is 4.98 Å². The molecule has 39 heavy (non-hydrogen) atoms. The van der Waals surface area contributed by atoms with E-state index in [2.05, 4.69) is 144 Å². The van der Waals surface area contributed by atoms with Crippen LogP contribution < -0.4 is 4.90 Å². The molecule has 1 aliphatic rings. The first kappa shape index (κ1) is 21.8. The van der Waals surface area contributed by atoms with Crippen LogP contribution in [0.1, 0.15) is 0 Å². The maximum atomic E-state index is 4.89. The van der Waals surface area contributed by atoms with Crippen LogP contribution in [0.4, 0.5) is 17.2 Å². The summed E-state index contributed by atoms with van der Waals surface area (Å²) < 4.78 is 0. The Bertz CT molecular complexity index is 1990. The van der Waals surface area contributed by atoms with E-state index in [0.29, 0.717) is 0 Å². The Morgan fingerprint density at radius 1 is 0.436 bits per heavy atom. The second-order valence-corrected chi connectivity index (χ2v) is 10.0. The van der Waals surface area contributed by atoms with E-state index < -0.39 is 0 Å². The van der Waals surface area contributed by atoms with Gasteiger partial charge < -0.3 is 0 Å². The summed E-state index contributed by atoms with van der Waals surface area (Å²) >= 11 is 0. The van der Waals surface area contributed by atoms with Gasteiger partial charge >= 0.3 is 0 Å². The zero-order valence-electron chi connectivity index (χ0n) is 21.3. The van der Waals surface area contributed by atoms with E-state index in [1.165, 1.54) is 49.5 Å². The van der Waals surface area contributed by atoms with Crippen LogP contribution in [0.5, 0.6) is 0 Å². The van der Waals surface area contributed by atoms with E-state index in [-0.39, 0.29) is 0 Å². The van der Waals surface area contributed by atoms with Crippen molar-refractivity contribution in [3.63, 3.8) is 0 Å². The minimum atomic E-state index is 0.896. The van der Waals surface area contributed by atoms with Gasteiger partial charge in [-0.05, 0) is 79.9 Å². The molecule has 0 radical (unpaired) electrons. The van der Waals surface area contributed by atoms with Gasteiger partial charge in [-0.15, -0.1) is 0 Å². The summed E-state index contributed by atoms with van der Waals surface area (Å²) in [7, 11) is 0. The lowest BCUT2D eigenvalue weighted by molar-refractivity contribution is 1.19. The molecule has 6 aromatic carbocycles. The van der Waals surface area contributed by atoms with E-state index in [1.54, 1.807) is 0 Å². The maximum Gasteiger partial charge on any atom is 0.138 e. The average molecular weight is 497 g/mol. The summed E-state index contributed by atoms with van der Waals surface area (Å²) in [4.78, 5) is 7.13. The molecule has 0 saturated carbocycles. The number of para-hydroxylation sites is 1. The van der Waals surface area contributed by atoms with Gasteiger partial charge in [0, 0.05) is 23.0 Å². The molecule has 0 unspecified atom stereocenters. The molecule has 2 nitrogen and oxygen atoms in total. The first-order valence-electron chi connectivity index (χ1n) is 13.3. The lowest BCUT2D eigenvalue weighted by atomic mass is 9.94. The van der Waals surface area contributed by atoms with Crippen molar-refractivity contribution in [2.75, 3.05) is 4.90 Å². The molecule has 0 fully saturated rings. The van der Waals surface area contributed by atoms with Crippen molar-refractivity contribution in [1.82, 2.24) is 4.98 Å². The summed E-state index contributed by atoms with van der Waals surface area (Å²) in [6.07, 6.45) is 1.96. The van der Waals surface area contributed by atoms with E-state index in [9.17, 15) is 0 Å². The molecule has 182 valence electrons. The molecule has 2 heteroatoms. The van der Waals surface area contributed by atoms with Crippen LogP contribution in [-0.2, 0) is 0 Å². The molecule has 0 aliphatic heterocycles. The highest BCUT2D eigenvalue weighted by molar-refractivity contribution is 6.18. The number of hydrogen-bond acceptors (Lipinski definition) is 2. The molecule has 0 bridgehead atoms. The monoisotopic (exact) mass is 496 g/mol. The molecule has 1 aromatic heterocycles. The van der Waals surface area contributed by atoms with Gasteiger partial charge in [-0.2, -0.15) is 0 Å². The first-order valence-corrected chi connectivity index (χ1v) is 13.3. The highest BCUT2D eigenvalue weighted by Crippen LogP contribution is 2.49. The molecular weight excluding hydrogens is 472 g/mol. The highest BCUT2D eigenvalue weighted by atomic mass is 15.2. The van der Waals surface area contributed by atoms with Crippen LogP contribution in [0.15, 0.2) is 146 Å². The highest BCUT2D eigenvalue weighted by Gasteiger charge is 2.22. The van der Waals surface area contributed by atoms with Gasteiger partial charge in [-0.3, -0.25) is 4.90 Å². The van der Waals surface area contributed by atoms with Gasteiger partial charge in [0.15, 0.2) is 0 Å². The van der Waals surface area contributed by atoms with Gasteiger partial charge in [0.2, 0.25) is 0 Å². The predicted molar refractivity (Wildman–Crippen MR) is 164 cm³/mol. The van der Waals surface area contributed by atoms with Crippen molar-refractivity contribution in [2.45, 2.75) is 0 Å². The summed E-state index contributed by atoms with van der Waals surface area (Å²) in [5.74, 6) is 0.896. The Morgan fingerprint density at radius 2 is 1.08 bits per heavy atom. The number of aromatic nitrogens is 1. The zero-order chi connectivity index (χ0) is 25.8. The summed E-state index contributed by atoms with van der Waals surface area (Å²) in [5, 5.41) is 4.94. The van der Waals surface area contributed by atoms with Gasteiger partial charge in [0.1, 0.15) is 5.82 Å². The number of pyridine rings is 1. The second-order valence-electron chi connectivity index (χ2n) is 10.0. The molecule has 1 aliphatic carbocycles. The maximum absolute atomic E-state index is 4.89. The van der Waals surface area contributed by atoms with Crippen molar-refractivity contribution in [3.8, 4) is 33.4 Å². The van der Waals surface area contributed by atoms with Crippen LogP contribution in [0.25, 0.3) is 54.9 Å². The minimum Gasteiger partial charge on any atom is -0.295 e. The molecule has 0 saturated heterocycles. The fraction of sp³-hybridized carbons (Fsp3) is 0. The van der Waals surface area contributed by atoms with E-state index in [0.717, 1.165) is 22.6 Å². The van der Waals surface area contributed by atoms with Crippen molar-refractivity contribution in [2.24, 2.45) is 0 Å². The topological polar surface area (TPSA) is 16.1 Å². The number of rotatable bonds is 4. The third-order valence-corrected chi connectivity index (χ3v) is 7.82. The summed E-state index contributed by atoms with van der Waals surface area (Å²) in [5.41, 5.74) is 9.87. The SMILES string of the molecule is c1ccc(N(c2cccc(-c3ccc4c5c(cccc35)-c3ccccc3-4)c2)c2cc3ccccc3cn2)cc1. The Balaban J connectivity index is 1.31. The minimum absolute atomic E-state index is 0.896. The smallest absolute Gasteiger partial charge is 0.138 e. The number of fused-ring (bicyclic) bond motifs is 4. The lowest BCUT2D eigenvalue weighted by Crippen LogP contribution is -2.11. The fourth-order valence-corrected chi connectivity index (χ4v) is 6.06. The van der Waals surface area contributed by atoms with E-state index in [1.807, 2.05) is 6.20 Å². The lowest BCUT2D eigenvalue weighted by Gasteiger charge is -2.25. The van der Waals surface area contributed by atoms with Crippen LogP contribution in [0.2, 0.25) is 0 Å². The van der Waals surface area contributed by atoms with Crippen LogP contribution in [0.3, 0.4) is 0 Å². The first-order chi connectivity index (χ1) is 19.3. The van der Waals surface area contributed by atoms with Gasteiger partial charge in [-0.1, -0.05) is 109 Å². The van der Waals surface area contributed by atoms with Crippen molar-refractivity contribution in [3.05, 3.63) is 146 Å². The number of hydrogen-bond donors (Lipinski definition) is 0. The van der Waals surface area contributed by atoms with Crippen molar-refractivity contribution in [1.29, 1.82) is 0 Å². The predicted octanol–water partition coefficient (Wildman–Crippen LogP) is 10.2. The number of nitrogens with zero attached hydrogens (tertiary/aromatic N) is 2. The largest absolute Gasteiger partial charge is 0.295 e. The molecule has 0 atom stereocenters. The number of benzene rings is 6. The zero-order valence-corrected chi connectivity index (χ0v) is 21.3. The molecule has 0 N–H and O–H groups in total. The summed E-state index contributed by atoms with van der Waals surface area (Å²) in [6, 6.07) is 49.9. The molecule has 8 rings (SSSR count). The second kappa shape index (κ2) is 8.68. The van der Waals surface area contributed by atoms with Crippen LogP contribution in [0, 0.1) is 0 Å². The average Bonchev–Trinajstić information content (AvgIpc) is 3.33. The molecule has 0 amide bonds. The molecule has 1 heterocycles. The van der Waals surface area contributed by atoms with Crippen LogP contribution in [-0.4, -0.2) is 4.98 Å². The van der Waals surface area contributed by atoms with E-state index >= 15 is 0 Å². The fourth-order valence-electron chi connectivity index (χ4n) is 6.06. The number of anilines is 3. The molecule has 0 spiro atoms. The van der Waals surface area contributed by atoms with E-state index in [4.69, 9.17) is 4.98 Å². The molecule has 7 aromatic rings. The Morgan fingerprint density at radius 3 is 1.92 bits per heavy atom. The van der Waals surface area contributed by atoms with Crippen LogP contribution >= 0.6 is 0 Å². The van der Waals surface area contributed by atoms with Crippen molar-refractivity contribution < 1.29 is 0 Å². The summed E-state index contributed by atoms with van der Waals surface area (Å²) in [6.45, 7) is 0. The normalized spacial score (nSPS) is 11.6. The Labute approximate surface area is 227 Å². The quantitative estimate of drug-likeness (QED) is 0.241. The third kappa shape index (κ3) is 3.46. The van der Waals surface area contributed by atoms with Gasteiger partial charge in [0.05, 0.1) is 0 Å². The molecular formula is C37H24N2. The Kier molecular flexibility index (Phi) is 4.86. The Hall–Kier alpha value is -5.21. The standard InChI is InChI=1S/C37H24N2/c1-2-13-28(14-3-1)39(36-23-25-10-4-5-11-27(25)24-38-36)29-15-8-12-26(22-29)30-20-21-35-32-17-7-6-16-31(32)34-19-9-18-33(30)37(34)35/h1-24H. The van der Waals surface area contributed by atoms with Gasteiger partial charge in [0.25, 0.3) is 0 Å².